The molecule has 1 aliphatic rings. The molecule has 2 N–H and O–H groups in total. The van der Waals surface area contributed by atoms with E-state index >= 15 is 0 Å². The van der Waals surface area contributed by atoms with Crippen LogP contribution in [0, 0.1) is 5.92 Å². The molecule has 114 valence electrons. The Morgan fingerprint density at radius 1 is 1.45 bits per heavy atom. The first kappa shape index (κ1) is 14.8. The van der Waals surface area contributed by atoms with Gasteiger partial charge in [0, 0.05) is 16.8 Å². The highest BCUT2D eigenvalue weighted by molar-refractivity contribution is 6.30. The van der Waals surface area contributed by atoms with Gasteiger partial charge in [-0.25, -0.2) is 0 Å². The number of anilines is 1. The number of rotatable bonds is 3. The largest absolute Gasteiger partial charge is 0.492 e. The van der Waals surface area contributed by atoms with Crippen LogP contribution in [0.2, 0.25) is 5.02 Å². The molecule has 0 aliphatic carbocycles. The number of pyridine rings is 1. The summed E-state index contributed by atoms with van der Waals surface area (Å²) in [4.78, 5) is 16.4. The highest BCUT2D eigenvalue weighted by Gasteiger charge is 2.26. The van der Waals surface area contributed by atoms with Gasteiger partial charge in [0.05, 0.1) is 24.4 Å². The van der Waals surface area contributed by atoms with Crippen LogP contribution in [0.15, 0.2) is 36.7 Å². The van der Waals surface area contributed by atoms with E-state index in [2.05, 4.69) is 10.3 Å². The zero-order chi connectivity index (χ0) is 15.5. The predicted molar refractivity (Wildman–Crippen MR) is 82.9 cm³/mol. The molecule has 0 saturated heterocycles. The standard InChI is InChI=1S/C16H15ClN2O3/c17-13-1-2-15-11(6-13)5-12(9-22-15)16(21)19-14-7-18-4-3-10(14)8-20/h1-4,6-7,12,20H,5,8-9H2,(H,19,21). The fraction of sp³-hybridized carbons (Fsp3) is 0.250. The molecule has 1 aromatic heterocycles. The van der Waals surface area contributed by atoms with Gasteiger partial charge in [0.1, 0.15) is 12.4 Å². The van der Waals surface area contributed by atoms with E-state index in [0.29, 0.717) is 29.3 Å². The number of nitrogens with zero attached hydrogens (tertiary/aromatic N) is 1. The number of carbonyl (C=O) groups excluding carboxylic acids is 1. The smallest absolute Gasteiger partial charge is 0.231 e. The van der Waals surface area contributed by atoms with Crippen molar-refractivity contribution >= 4 is 23.2 Å². The number of hydrogen-bond donors (Lipinski definition) is 2. The third kappa shape index (κ3) is 3.05. The van der Waals surface area contributed by atoms with Crippen LogP contribution in [0.3, 0.4) is 0 Å². The molecular formula is C16H15ClN2O3. The second-order valence-corrected chi connectivity index (χ2v) is 5.58. The summed E-state index contributed by atoms with van der Waals surface area (Å²) in [5.41, 5.74) is 2.07. The zero-order valence-corrected chi connectivity index (χ0v) is 12.5. The van der Waals surface area contributed by atoms with Gasteiger partial charge in [-0.2, -0.15) is 0 Å². The Kier molecular flexibility index (Phi) is 4.27. The number of benzene rings is 1. The minimum atomic E-state index is -0.308. The first-order valence-electron chi connectivity index (χ1n) is 6.93. The fourth-order valence-electron chi connectivity index (χ4n) is 2.44. The summed E-state index contributed by atoms with van der Waals surface area (Å²) >= 11 is 5.98. The molecule has 0 bridgehead atoms. The summed E-state index contributed by atoms with van der Waals surface area (Å²) in [7, 11) is 0. The van der Waals surface area contributed by atoms with Gasteiger partial charge < -0.3 is 15.2 Å². The van der Waals surface area contributed by atoms with Crippen LogP contribution in [-0.2, 0) is 17.8 Å². The Labute approximate surface area is 132 Å². The maximum Gasteiger partial charge on any atom is 0.231 e. The van der Waals surface area contributed by atoms with Crippen LogP contribution in [-0.4, -0.2) is 22.6 Å². The van der Waals surface area contributed by atoms with Gasteiger partial charge >= 0.3 is 0 Å². The Morgan fingerprint density at radius 3 is 3.14 bits per heavy atom. The molecule has 1 aliphatic heterocycles. The van der Waals surface area contributed by atoms with Crippen LogP contribution in [0.5, 0.6) is 5.75 Å². The summed E-state index contributed by atoms with van der Waals surface area (Å²) in [5, 5.41) is 12.7. The van der Waals surface area contributed by atoms with E-state index in [1.54, 1.807) is 18.3 Å². The van der Waals surface area contributed by atoms with Crippen molar-refractivity contribution in [3.63, 3.8) is 0 Å². The lowest BCUT2D eigenvalue weighted by Crippen LogP contribution is -2.32. The van der Waals surface area contributed by atoms with Gasteiger partial charge in [-0.05, 0) is 36.2 Å². The number of fused-ring (bicyclic) bond motifs is 1. The molecule has 2 heterocycles. The van der Waals surface area contributed by atoms with Gasteiger partial charge in [0.2, 0.25) is 5.91 Å². The molecule has 0 fully saturated rings. The Morgan fingerprint density at radius 2 is 2.32 bits per heavy atom. The number of hydrogen-bond acceptors (Lipinski definition) is 4. The molecule has 22 heavy (non-hydrogen) atoms. The maximum absolute atomic E-state index is 12.4. The Bertz CT molecular complexity index is 706. The zero-order valence-electron chi connectivity index (χ0n) is 11.8. The third-order valence-electron chi connectivity index (χ3n) is 3.64. The number of aromatic nitrogens is 1. The van der Waals surface area contributed by atoms with E-state index in [1.807, 2.05) is 12.1 Å². The quantitative estimate of drug-likeness (QED) is 0.911. The van der Waals surface area contributed by atoms with Crippen molar-refractivity contribution < 1.29 is 14.6 Å². The highest BCUT2D eigenvalue weighted by Crippen LogP contribution is 2.30. The first-order valence-corrected chi connectivity index (χ1v) is 7.31. The summed E-state index contributed by atoms with van der Waals surface area (Å²) < 4.78 is 5.62. The number of aliphatic hydroxyl groups is 1. The highest BCUT2D eigenvalue weighted by atomic mass is 35.5. The minimum Gasteiger partial charge on any atom is -0.492 e. The van der Waals surface area contributed by atoms with Crippen LogP contribution >= 0.6 is 11.6 Å². The predicted octanol–water partition coefficient (Wildman–Crippen LogP) is 2.42. The summed E-state index contributed by atoms with van der Waals surface area (Å²) in [6.45, 7) is 0.160. The number of ether oxygens (including phenoxy) is 1. The van der Waals surface area contributed by atoms with Crippen molar-refractivity contribution in [3.8, 4) is 5.75 Å². The molecule has 5 nitrogen and oxygen atoms in total. The molecule has 0 saturated carbocycles. The SMILES string of the molecule is O=C(Nc1cnccc1CO)C1COc2ccc(Cl)cc2C1. The number of aliphatic hydroxyl groups excluding tert-OH is 1. The van der Waals surface area contributed by atoms with Crippen molar-refractivity contribution in [3.05, 3.63) is 52.8 Å². The molecule has 1 aromatic carbocycles. The van der Waals surface area contributed by atoms with E-state index in [4.69, 9.17) is 16.3 Å². The summed E-state index contributed by atoms with van der Waals surface area (Å²) in [6.07, 6.45) is 3.66. The van der Waals surface area contributed by atoms with Crippen LogP contribution < -0.4 is 10.1 Å². The summed E-state index contributed by atoms with van der Waals surface area (Å²) in [6, 6.07) is 7.07. The minimum absolute atomic E-state index is 0.155. The average Bonchev–Trinajstić information content (AvgIpc) is 2.54. The molecule has 2 aromatic rings. The van der Waals surface area contributed by atoms with Crippen LogP contribution in [0.4, 0.5) is 5.69 Å². The average molecular weight is 319 g/mol. The van der Waals surface area contributed by atoms with Crippen molar-refractivity contribution in [2.45, 2.75) is 13.0 Å². The second-order valence-electron chi connectivity index (χ2n) is 5.14. The molecule has 0 radical (unpaired) electrons. The fourth-order valence-corrected chi connectivity index (χ4v) is 2.63. The molecule has 3 rings (SSSR count). The van der Waals surface area contributed by atoms with E-state index in [1.165, 1.54) is 6.20 Å². The van der Waals surface area contributed by atoms with E-state index in [9.17, 15) is 9.90 Å². The normalized spacial score (nSPS) is 16.5. The molecule has 1 amide bonds. The molecule has 1 atom stereocenters. The molecule has 0 spiro atoms. The number of carbonyl (C=O) groups is 1. The topological polar surface area (TPSA) is 71.5 Å². The monoisotopic (exact) mass is 318 g/mol. The molecule has 6 heteroatoms. The Hall–Kier alpha value is -2.11. The summed E-state index contributed by atoms with van der Waals surface area (Å²) in [5.74, 6) is 0.303. The van der Waals surface area contributed by atoms with Gasteiger partial charge in [-0.1, -0.05) is 11.6 Å². The van der Waals surface area contributed by atoms with Gasteiger partial charge in [0.15, 0.2) is 0 Å². The van der Waals surface area contributed by atoms with Crippen molar-refractivity contribution in [2.24, 2.45) is 5.92 Å². The Balaban J connectivity index is 1.74. The second kappa shape index (κ2) is 6.34. The lowest BCUT2D eigenvalue weighted by molar-refractivity contribution is -0.121. The van der Waals surface area contributed by atoms with Crippen molar-refractivity contribution in [1.82, 2.24) is 4.98 Å². The number of nitrogens with one attached hydrogen (secondary N) is 1. The van der Waals surface area contributed by atoms with Crippen molar-refractivity contribution in [1.29, 1.82) is 0 Å². The first-order chi connectivity index (χ1) is 10.7. The van der Waals surface area contributed by atoms with Gasteiger partial charge in [-0.3, -0.25) is 9.78 Å². The third-order valence-corrected chi connectivity index (χ3v) is 3.87. The molecular weight excluding hydrogens is 304 g/mol. The van der Waals surface area contributed by atoms with Crippen LogP contribution in [0.25, 0.3) is 0 Å². The lowest BCUT2D eigenvalue weighted by Gasteiger charge is -2.25. The molecule has 1 unspecified atom stereocenters. The maximum atomic E-state index is 12.4. The lowest BCUT2D eigenvalue weighted by atomic mass is 9.96. The number of halogens is 1. The van der Waals surface area contributed by atoms with E-state index in [0.717, 1.165) is 11.3 Å². The van der Waals surface area contributed by atoms with Gasteiger partial charge in [-0.15, -0.1) is 0 Å². The van der Waals surface area contributed by atoms with E-state index < -0.39 is 0 Å². The van der Waals surface area contributed by atoms with Crippen molar-refractivity contribution in [2.75, 3.05) is 11.9 Å². The van der Waals surface area contributed by atoms with E-state index in [-0.39, 0.29) is 18.4 Å². The van der Waals surface area contributed by atoms with Gasteiger partial charge in [0.25, 0.3) is 0 Å². The number of amides is 1. The van der Waals surface area contributed by atoms with Crippen LogP contribution in [0.1, 0.15) is 11.1 Å².